The van der Waals surface area contributed by atoms with Crippen LogP contribution in [0.4, 0.5) is 0 Å². The monoisotopic (exact) mass is 662 g/mol. The van der Waals surface area contributed by atoms with Crippen LogP contribution in [0.2, 0.25) is 0 Å². The van der Waals surface area contributed by atoms with Crippen molar-refractivity contribution >= 4 is 43.8 Å². The Balaban J connectivity index is 0. The second-order valence-electron chi connectivity index (χ2n) is 9.14. The van der Waals surface area contributed by atoms with Crippen molar-refractivity contribution in [2.24, 2.45) is 17.8 Å². The molecular formula is C28H44Br2N2O6. The lowest BCUT2D eigenvalue weighted by atomic mass is 9.99. The number of nitrogens with one attached hydrogen (secondary N) is 1. The summed E-state index contributed by atoms with van der Waals surface area (Å²) in [6.07, 6.45) is 4.71. The first-order chi connectivity index (χ1) is 17.3. The number of rotatable bonds is 9. The molecule has 2 heterocycles. The van der Waals surface area contributed by atoms with Crippen LogP contribution < -0.4 is 11.1 Å². The maximum Gasteiger partial charge on any atom is 0.329 e. The van der Waals surface area contributed by atoms with Crippen LogP contribution in [0.1, 0.15) is 74.8 Å². The van der Waals surface area contributed by atoms with E-state index in [1.165, 1.54) is 16.7 Å². The second-order valence-corrected chi connectivity index (χ2v) is 11.0. The molecule has 0 spiro atoms. The quantitative estimate of drug-likeness (QED) is 0.297. The molecule has 216 valence electrons. The number of nitrogens with zero attached hydrogens (tertiary/aromatic N) is 1. The van der Waals surface area contributed by atoms with E-state index < -0.39 is 6.04 Å². The second kappa shape index (κ2) is 20.7. The maximum atomic E-state index is 11.9. The number of ether oxygens (including phenoxy) is 2. The highest BCUT2D eigenvalue weighted by Gasteiger charge is 2.23. The molecule has 10 heteroatoms. The van der Waals surface area contributed by atoms with Gasteiger partial charge in [0, 0.05) is 33.5 Å². The van der Waals surface area contributed by atoms with Crippen LogP contribution in [0.25, 0.3) is 0 Å². The molecule has 0 fully saturated rings. The molecule has 2 aromatic heterocycles. The Morgan fingerprint density at radius 2 is 1.39 bits per heavy atom. The highest BCUT2D eigenvalue weighted by atomic mass is 79.9. The fraction of sp³-hybridized carbons (Fsp3) is 0.571. The molecular weight excluding hydrogens is 620 g/mol. The topological polar surface area (TPSA) is 107 Å². The van der Waals surface area contributed by atoms with Gasteiger partial charge in [-0.15, -0.1) is 0 Å². The lowest BCUT2D eigenvalue weighted by molar-refractivity contribution is -0.148. The smallest absolute Gasteiger partial charge is 0.329 e. The molecule has 0 bridgehead atoms. The summed E-state index contributed by atoms with van der Waals surface area (Å²) in [6.45, 7) is 14.5. The minimum absolute atomic E-state index is 0. The molecule has 0 aliphatic carbocycles. The van der Waals surface area contributed by atoms with Crippen LogP contribution in [0.3, 0.4) is 0 Å². The van der Waals surface area contributed by atoms with Crippen LogP contribution in [0, 0.1) is 17.8 Å². The number of carbonyl (C=O) groups excluding carboxylic acids is 2. The number of carbonyl (C=O) groups is 2. The van der Waals surface area contributed by atoms with Gasteiger partial charge in [0.2, 0.25) is 5.56 Å². The highest BCUT2D eigenvalue weighted by molar-refractivity contribution is 9.10. The Morgan fingerprint density at radius 1 is 0.868 bits per heavy atom. The zero-order chi connectivity index (χ0) is 28.5. The zero-order valence-electron chi connectivity index (χ0n) is 22.8. The fourth-order valence-electron chi connectivity index (χ4n) is 3.24. The van der Waals surface area contributed by atoms with E-state index in [1.807, 2.05) is 27.7 Å². The van der Waals surface area contributed by atoms with Crippen molar-refractivity contribution in [3.05, 3.63) is 66.3 Å². The summed E-state index contributed by atoms with van der Waals surface area (Å²) >= 11 is 6.38. The molecule has 2 unspecified atom stereocenters. The number of aromatic nitrogens is 2. The summed E-state index contributed by atoms with van der Waals surface area (Å²) in [5.41, 5.74) is -0.289. The van der Waals surface area contributed by atoms with Crippen LogP contribution in [-0.4, -0.2) is 34.7 Å². The van der Waals surface area contributed by atoms with Crippen molar-refractivity contribution in [2.45, 2.75) is 74.8 Å². The molecule has 1 N–H and O–H groups in total. The van der Waals surface area contributed by atoms with E-state index in [0.29, 0.717) is 35.9 Å². The predicted octanol–water partition coefficient (Wildman–Crippen LogP) is 6.77. The van der Waals surface area contributed by atoms with Crippen LogP contribution in [0.15, 0.2) is 55.2 Å². The molecule has 0 aromatic carbocycles. The molecule has 8 nitrogen and oxygen atoms in total. The van der Waals surface area contributed by atoms with E-state index in [2.05, 4.69) is 50.7 Å². The molecule has 0 aliphatic heterocycles. The Bertz CT molecular complexity index is 1070. The van der Waals surface area contributed by atoms with Gasteiger partial charge in [0.25, 0.3) is 5.56 Å². The van der Waals surface area contributed by atoms with Crippen molar-refractivity contribution in [2.75, 3.05) is 13.2 Å². The Hall–Kier alpha value is -2.20. The van der Waals surface area contributed by atoms with Gasteiger partial charge in [0.1, 0.15) is 6.04 Å². The molecule has 2 atom stereocenters. The number of pyridine rings is 2. The van der Waals surface area contributed by atoms with Gasteiger partial charge >= 0.3 is 11.9 Å². The van der Waals surface area contributed by atoms with Crippen LogP contribution in [0.5, 0.6) is 0 Å². The molecule has 0 radical (unpaired) electrons. The lowest BCUT2D eigenvalue weighted by Crippen LogP contribution is -2.31. The molecule has 0 saturated heterocycles. The van der Waals surface area contributed by atoms with Crippen molar-refractivity contribution in [1.29, 1.82) is 0 Å². The van der Waals surface area contributed by atoms with E-state index in [9.17, 15) is 19.2 Å². The van der Waals surface area contributed by atoms with Gasteiger partial charge in [0.15, 0.2) is 0 Å². The van der Waals surface area contributed by atoms with E-state index in [0.717, 1.165) is 10.9 Å². The summed E-state index contributed by atoms with van der Waals surface area (Å²) < 4.78 is 12.8. The normalized spacial score (nSPS) is 11.7. The predicted molar refractivity (Wildman–Crippen MR) is 160 cm³/mol. The van der Waals surface area contributed by atoms with Gasteiger partial charge in [-0.2, -0.15) is 0 Å². The Kier molecular flexibility index (Phi) is 20.7. The van der Waals surface area contributed by atoms with Crippen molar-refractivity contribution in [1.82, 2.24) is 9.55 Å². The van der Waals surface area contributed by atoms with E-state index >= 15 is 0 Å². The first kappa shape index (κ1) is 37.9. The summed E-state index contributed by atoms with van der Waals surface area (Å²) in [5, 5.41) is 0. The molecule has 0 saturated carbocycles. The molecule has 38 heavy (non-hydrogen) atoms. The first-order valence-corrected chi connectivity index (χ1v) is 14.0. The summed E-state index contributed by atoms with van der Waals surface area (Å²) in [6, 6.07) is 5.88. The summed E-state index contributed by atoms with van der Waals surface area (Å²) in [4.78, 5) is 47.8. The van der Waals surface area contributed by atoms with Gasteiger partial charge in [0.05, 0.1) is 19.1 Å². The number of aromatic amines is 1. The number of esters is 2. The van der Waals surface area contributed by atoms with Crippen molar-refractivity contribution in [3.63, 3.8) is 0 Å². The number of hydrogen-bond acceptors (Lipinski definition) is 6. The van der Waals surface area contributed by atoms with E-state index in [4.69, 9.17) is 9.47 Å². The van der Waals surface area contributed by atoms with Gasteiger partial charge in [-0.3, -0.25) is 14.4 Å². The van der Waals surface area contributed by atoms with Gasteiger partial charge in [-0.1, -0.05) is 73.9 Å². The SMILES string of the molecule is C.CCOC(=O)C(C)CC(C)C.CCOC(=O)C(CC(C)C)n1ccc(Br)cc1=O.O=c1cc(Br)cc[nH]1. The number of H-pyrrole nitrogens is 1. The molecule has 0 amide bonds. The molecule has 0 aliphatic rings. The van der Waals surface area contributed by atoms with Crippen LogP contribution in [-0.2, 0) is 19.1 Å². The van der Waals surface area contributed by atoms with E-state index in [-0.39, 0.29) is 36.4 Å². The largest absolute Gasteiger partial charge is 0.466 e. The van der Waals surface area contributed by atoms with Gasteiger partial charge in [-0.25, -0.2) is 4.79 Å². The van der Waals surface area contributed by atoms with Crippen LogP contribution >= 0.6 is 31.9 Å². The van der Waals surface area contributed by atoms with Crippen molar-refractivity contribution in [3.8, 4) is 0 Å². The highest BCUT2D eigenvalue weighted by Crippen LogP contribution is 2.18. The Morgan fingerprint density at radius 3 is 1.82 bits per heavy atom. The third-order valence-corrected chi connectivity index (χ3v) is 5.74. The maximum absolute atomic E-state index is 11.9. The standard InChI is InChI=1S/C13H18BrNO3.C9H18O2.C5H4BrNO.CH4/c1-4-18-13(17)11(7-9(2)3)15-6-5-10(14)8-12(15)16;1-5-11-9(10)8(4)6-7(2)3;6-4-1-2-7-5(8)3-4;/h5-6,8-9,11H,4,7H2,1-3H3;7-8H,5-6H2,1-4H3;1-3H,(H,7,8);1H4. The van der Waals surface area contributed by atoms with Gasteiger partial charge in [-0.05, 0) is 50.7 Å². The number of halogens is 2. The number of hydrogen-bond donors (Lipinski definition) is 1. The van der Waals surface area contributed by atoms with Crippen molar-refractivity contribution < 1.29 is 19.1 Å². The minimum atomic E-state index is -0.550. The average molecular weight is 664 g/mol. The average Bonchev–Trinajstić information content (AvgIpc) is 2.78. The summed E-state index contributed by atoms with van der Waals surface area (Å²) in [5.74, 6) is 0.496. The summed E-state index contributed by atoms with van der Waals surface area (Å²) in [7, 11) is 0. The fourth-order valence-corrected chi connectivity index (χ4v) is 3.89. The van der Waals surface area contributed by atoms with Gasteiger partial charge < -0.3 is 19.0 Å². The zero-order valence-corrected chi connectivity index (χ0v) is 25.9. The first-order valence-electron chi connectivity index (χ1n) is 12.4. The molecule has 2 rings (SSSR count). The molecule has 2 aromatic rings. The third-order valence-electron chi connectivity index (χ3n) is 4.75. The minimum Gasteiger partial charge on any atom is -0.466 e. The third kappa shape index (κ3) is 16.6. The van der Waals surface area contributed by atoms with E-state index in [1.54, 1.807) is 31.5 Å². The Labute approximate surface area is 243 Å². The lowest BCUT2D eigenvalue weighted by Gasteiger charge is -2.19.